The fraction of sp³-hybridized carbons (Fsp3) is 0.375. The molecule has 0 saturated heterocycles. The summed E-state index contributed by atoms with van der Waals surface area (Å²) in [4.78, 5) is 7.48. The molecule has 0 aliphatic carbocycles. The maximum Gasteiger partial charge on any atom is 0.160 e. The van der Waals surface area contributed by atoms with Crippen LogP contribution in [0.1, 0.15) is 17.0 Å². The molecule has 7 nitrogen and oxygen atoms in total. The van der Waals surface area contributed by atoms with Crippen LogP contribution in [0, 0.1) is 0 Å². The minimum absolute atomic E-state index is 0.239. The van der Waals surface area contributed by atoms with E-state index in [1.165, 1.54) is 5.56 Å². The van der Waals surface area contributed by atoms with Crippen molar-refractivity contribution >= 4 is 15.9 Å². The molecule has 1 heterocycles. The summed E-state index contributed by atoms with van der Waals surface area (Å²) < 4.78 is 17.1. The largest absolute Gasteiger partial charge is 0.493 e. The van der Waals surface area contributed by atoms with E-state index in [9.17, 15) is 5.11 Å². The van der Waals surface area contributed by atoms with Crippen LogP contribution in [0.25, 0.3) is 0 Å². The predicted octanol–water partition coefficient (Wildman–Crippen LogP) is 3.55. The zero-order valence-electron chi connectivity index (χ0n) is 18.4. The normalized spacial score (nSPS) is 11.9. The van der Waals surface area contributed by atoms with E-state index in [0.29, 0.717) is 6.54 Å². The van der Waals surface area contributed by atoms with Gasteiger partial charge in [-0.3, -0.25) is 0 Å². The monoisotopic (exact) mass is 503 g/mol. The van der Waals surface area contributed by atoms with Crippen molar-refractivity contribution in [2.24, 2.45) is 0 Å². The zero-order valence-corrected chi connectivity index (χ0v) is 20.0. The maximum absolute atomic E-state index is 10.2. The van der Waals surface area contributed by atoms with E-state index in [2.05, 4.69) is 31.2 Å². The van der Waals surface area contributed by atoms with Crippen LogP contribution in [0.5, 0.6) is 17.2 Å². The highest BCUT2D eigenvalue weighted by atomic mass is 79.9. The molecular weight excluding hydrogens is 474 g/mol. The number of aromatic amines is 1. The molecule has 8 heteroatoms. The first-order valence-corrected chi connectivity index (χ1v) is 11.4. The number of aliphatic hydroxyl groups is 1. The molecule has 0 aliphatic rings. The van der Waals surface area contributed by atoms with E-state index in [0.717, 1.165) is 59.0 Å². The summed E-state index contributed by atoms with van der Waals surface area (Å²) in [6.07, 6.45) is 3.82. The van der Waals surface area contributed by atoms with Gasteiger partial charge in [-0.1, -0.05) is 18.2 Å². The molecule has 0 bridgehead atoms. The van der Waals surface area contributed by atoms with E-state index in [1.807, 2.05) is 48.7 Å². The van der Waals surface area contributed by atoms with Crippen LogP contribution in [-0.4, -0.2) is 55.1 Å². The molecule has 172 valence electrons. The number of aliphatic hydroxyl groups excluding tert-OH is 1. The van der Waals surface area contributed by atoms with E-state index in [4.69, 9.17) is 14.2 Å². The van der Waals surface area contributed by atoms with E-state index in [1.54, 1.807) is 14.2 Å². The lowest BCUT2D eigenvalue weighted by Crippen LogP contribution is -2.32. The fourth-order valence-electron chi connectivity index (χ4n) is 3.27. The zero-order chi connectivity index (χ0) is 22.8. The number of hydrogen-bond acceptors (Lipinski definition) is 6. The van der Waals surface area contributed by atoms with E-state index < -0.39 is 6.10 Å². The molecule has 0 spiro atoms. The van der Waals surface area contributed by atoms with Gasteiger partial charge >= 0.3 is 0 Å². The van der Waals surface area contributed by atoms with Gasteiger partial charge in [-0.05, 0) is 70.7 Å². The summed E-state index contributed by atoms with van der Waals surface area (Å²) in [7, 11) is 3.25. The average molecular weight is 504 g/mol. The maximum atomic E-state index is 10.2. The Morgan fingerprint density at radius 2 is 1.75 bits per heavy atom. The van der Waals surface area contributed by atoms with Crippen LogP contribution >= 0.6 is 15.9 Å². The molecular formula is C24H30BrN3O4. The second-order valence-electron chi connectivity index (χ2n) is 7.42. The van der Waals surface area contributed by atoms with Crippen molar-refractivity contribution in [3.63, 3.8) is 0 Å². The van der Waals surface area contributed by atoms with Crippen molar-refractivity contribution in [1.29, 1.82) is 0 Å². The first-order chi connectivity index (χ1) is 15.6. The topological polar surface area (TPSA) is 88.6 Å². The summed E-state index contributed by atoms with van der Waals surface area (Å²) >= 11 is 3.34. The molecule has 32 heavy (non-hydrogen) atoms. The molecule has 3 N–H and O–H groups in total. The van der Waals surface area contributed by atoms with Gasteiger partial charge in [0.05, 0.1) is 14.2 Å². The van der Waals surface area contributed by atoms with Crippen molar-refractivity contribution in [2.45, 2.75) is 25.4 Å². The summed E-state index contributed by atoms with van der Waals surface area (Å²) in [6.45, 7) is 1.45. The number of halogens is 1. The number of methoxy groups -OCH3 is 2. The number of aryl methyl sites for hydroxylation is 2. The lowest BCUT2D eigenvalue weighted by atomic mass is 10.1. The number of nitrogens with one attached hydrogen (secondary N) is 2. The lowest BCUT2D eigenvalue weighted by Gasteiger charge is -2.14. The van der Waals surface area contributed by atoms with E-state index in [-0.39, 0.29) is 6.61 Å². The second kappa shape index (κ2) is 12.5. The number of aromatic nitrogens is 2. The third-order valence-corrected chi connectivity index (χ3v) is 5.44. The van der Waals surface area contributed by atoms with Crippen LogP contribution in [0.3, 0.4) is 0 Å². The third kappa shape index (κ3) is 7.55. The van der Waals surface area contributed by atoms with Crippen LogP contribution in [0.2, 0.25) is 0 Å². The molecule has 0 saturated carbocycles. The minimum atomic E-state index is -0.586. The Labute approximate surface area is 197 Å². The van der Waals surface area contributed by atoms with Gasteiger partial charge in [0.15, 0.2) is 11.5 Å². The molecule has 0 aliphatic heterocycles. The van der Waals surface area contributed by atoms with Gasteiger partial charge in [0.1, 0.15) is 28.9 Å². The smallest absolute Gasteiger partial charge is 0.160 e. The first kappa shape index (κ1) is 24.1. The molecule has 1 aromatic heterocycles. The van der Waals surface area contributed by atoms with Crippen molar-refractivity contribution in [1.82, 2.24) is 15.3 Å². The molecule has 0 amide bonds. The van der Waals surface area contributed by atoms with E-state index >= 15 is 0 Å². The summed E-state index contributed by atoms with van der Waals surface area (Å²) in [5.74, 6) is 3.15. The fourth-order valence-corrected chi connectivity index (χ4v) is 3.60. The SMILES string of the molecule is COc1ccc(CCNC[C@H](O)COc2ccc(CCc3nc(Br)c[nH]3)cc2)cc1OC. The number of benzene rings is 2. The van der Waals surface area contributed by atoms with Gasteiger partial charge in [-0.2, -0.15) is 0 Å². The van der Waals surface area contributed by atoms with Crippen LogP contribution in [-0.2, 0) is 19.3 Å². The van der Waals surface area contributed by atoms with Gasteiger partial charge in [0.2, 0.25) is 0 Å². The highest BCUT2D eigenvalue weighted by Crippen LogP contribution is 2.27. The molecule has 0 radical (unpaired) electrons. The number of H-pyrrole nitrogens is 1. The van der Waals surface area contributed by atoms with Crippen molar-refractivity contribution in [3.05, 3.63) is 70.2 Å². The van der Waals surface area contributed by atoms with Crippen molar-refractivity contribution in [2.75, 3.05) is 33.9 Å². The Balaban J connectivity index is 1.32. The molecule has 2 aromatic carbocycles. The molecule has 1 atom stereocenters. The van der Waals surface area contributed by atoms with Gasteiger partial charge < -0.3 is 29.6 Å². The lowest BCUT2D eigenvalue weighted by molar-refractivity contribution is 0.106. The average Bonchev–Trinajstić information content (AvgIpc) is 3.24. The molecule has 0 fully saturated rings. The Morgan fingerprint density at radius 1 is 1.00 bits per heavy atom. The third-order valence-electron chi connectivity index (χ3n) is 5.03. The number of hydrogen-bond donors (Lipinski definition) is 3. The van der Waals surface area contributed by atoms with Gasteiger partial charge in [0.25, 0.3) is 0 Å². The minimum Gasteiger partial charge on any atom is -0.493 e. The van der Waals surface area contributed by atoms with Crippen LogP contribution in [0.4, 0.5) is 0 Å². The Morgan fingerprint density at radius 3 is 2.44 bits per heavy atom. The molecule has 3 rings (SSSR count). The standard InChI is InChI=1S/C24H30BrN3O4/c1-30-21-9-5-18(13-22(21)31-2)11-12-26-14-19(29)16-32-20-7-3-17(4-8-20)6-10-24-27-15-23(25)28-24/h3-5,7-9,13,15,19,26,29H,6,10-12,14,16H2,1-2H3,(H,27,28)/t19-/m0/s1. The summed E-state index contributed by atoms with van der Waals surface area (Å²) in [5.41, 5.74) is 2.35. The highest BCUT2D eigenvalue weighted by Gasteiger charge is 2.07. The number of ether oxygens (including phenoxy) is 3. The Kier molecular flexibility index (Phi) is 9.40. The number of rotatable bonds is 13. The van der Waals surface area contributed by atoms with Gasteiger partial charge in [-0.15, -0.1) is 0 Å². The molecule has 0 unspecified atom stereocenters. The van der Waals surface area contributed by atoms with Crippen molar-refractivity contribution < 1.29 is 19.3 Å². The van der Waals surface area contributed by atoms with Crippen molar-refractivity contribution in [3.8, 4) is 17.2 Å². The van der Waals surface area contributed by atoms with Crippen LogP contribution in [0.15, 0.2) is 53.3 Å². The Hall–Kier alpha value is -2.55. The Bertz CT molecular complexity index is 962. The quantitative estimate of drug-likeness (QED) is 0.309. The van der Waals surface area contributed by atoms with Gasteiger partial charge in [0, 0.05) is 19.2 Å². The number of imidazole rings is 1. The predicted molar refractivity (Wildman–Crippen MR) is 128 cm³/mol. The first-order valence-electron chi connectivity index (χ1n) is 10.6. The summed E-state index contributed by atoms with van der Waals surface area (Å²) in [5, 5.41) is 13.5. The molecule has 3 aromatic rings. The highest BCUT2D eigenvalue weighted by molar-refractivity contribution is 9.10. The summed E-state index contributed by atoms with van der Waals surface area (Å²) in [6, 6.07) is 13.8. The van der Waals surface area contributed by atoms with Crippen LogP contribution < -0.4 is 19.5 Å². The van der Waals surface area contributed by atoms with Gasteiger partial charge in [-0.25, -0.2) is 4.98 Å². The second-order valence-corrected chi connectivity index (χ2v) is 8.23. The number of nitrogens with zero attached hydrogens (tertiary/aromatic N) is 1.